The average molecular weight is 1080 g/mol. The Bertz CT molecular complexity index is 2290. The number of ether oxygens (including phenoxy) is 1. The second kappa shape index (κ2) is 33.8. The van der Waals surface area contributed by atoms with Gasteiger partial charge in [0.1, 0.15) is 30.5 Å². The molecule has 4 amide bonds. The molecular formula is C48H73N11O17+2. The number of carboxylic acid groups (broad SMARTS) is 6. The lowest BCUT2D eigenvalue weighted by molar-refractivity contribution is -0.459. The molecule has 420 valence electrons. The first-order chi connectivity index (χ1) is 35.9. The number of quaternary nitrogens is 1. The Hall–Kier alpha value is -7.95. The van der Waals surface area contributed by atoms with Crippen molar-refractivity contribution in [3.8, 4) is 16.9 Å². The van der Waals surface area contributed by atoms with Crippen LogP contribution >= 0.6 is 0 Å². The van der Waals surface area contributed by atoms with Crippen LogP contribution in [0, 0.1) is 5.92 Å². The fourth-order valence-electron chi connectivity index (χ4n) is 7.67. The SMILES string of the molecule is CCC(C)[C@H](NC(=O)CNC(=O)c1cc(-c2ccccc2)ccc1OC[C@@H](CN(CCN(CC(=O)O)CC(=O)O)CC(=O)O)N(CC(=O)O)CC(=O)O)C(=O)N[C@@H](CCC[NH+]=C(N)N)C(=O)N[C@@H](CCCC[NH3+])C(=O)O. The second-order valence-corrected chi connectivity index (χ2v) is 17.8. The molecule has 0 aliphatic rings. The van der Waals surface area contributed by atoms with Crippen LogP contribution in [0.5, 0.6) is 5.75 Å². The van der Waals surface area contributed by atoms with E-state index in [-0.39, 0.29) is 56.2 Å². The van der Waals surface area contributed by atoms with Gasteiger partial charge in [0.2, 0.25) is 17.7 Å². The smallest absolute Gasteiger partial charge is 0.338 e. The molecule has 0 spiro atoms. The lowest BCUT2D eigenvalue weighted by atomic mass is 9.97. The molecule has 5 atom stereocenters. The van der Waals surface area contributed by atoms with Crippen LogP contribution in [0.1, 0.15) is 62.7 Å². The maximum absolute atomic E-state index is 14.2. The molecule has 2 rings (SSSR count). The number of aliphatic carboxylic acids is 6. The van der Waals surface area contributed by atoms with Gasteiger partial charge in [-0.2, -0.15) is 0 Å². The van der Waals surface area contributed by atoms with Crippen LogP contribution in [0.25, 0.3) is 11.1 Å². The summed E-state index contributed by atoms with van der Waals surface area (Å²) in [6, 6.07) is 8.11. The summed E-state index contributed by atoms with van der Waals surface area (Å²) in [6.07, 6.45) is 1.81. The predicted molar refractivity (Wildman–Crippen MR) is 269 cm³/mol. The van der Waals surface area contributed by atoms with Crippen LogP contribution in [-0.4, -0.2) is 214 Å². The number of nitrogens with zero attached hydrogens (tertiary/aromatic N) is 3. The number of carboxylic acids is 6. The third-order valence-electron chi connectivity index (χ3n) is 11.7. The average Bonchev–Trinajstić information content (AvgIpc) is 3.34. The number of nitrogens with two attached hydrogens (primary N) is 2. The highest BCUT2D eigenvalue weighted by molar-refractivity contribution is 6.00. The lowest BCUT2D eigenvalue weighted by Gasteiger charge is -2.34. The minimum atomic E-state index is -1.46. The molecule has 2 aromatic carbocycles. The number of rotatable bonds is 39. The van der Waals surface area contributed by atoms with Crippen molar-refractivity contribution in [2.45, 2.75) is 76.5 Å². The fourth-order valence-corrected chi connectivity index (χ4v) is 7.67. The highest BCUT2D eigenvalue weighted by atomic mass is 16.5. The Labute approximate surface area is 438 Å². The molecule has 0 radical (unpaired) electrons. The fraction of sp³-hybridized carbons (Fsp3) is 0.521. The van der Waals surface area contributed by atoms with E-state index < -0.39 is 142 Å². The van der Waals surface area contributed by atoms with Gasteiger partial charge in [0.15, 0.2) is 0 Å². The molecule has 0 bridgehead atoms. The monoisotopic (exact) mass is 1080 g/mol. The number of amides is 4. The molecule has 18 N–H and O–H groups in total. The summed E-state index contributed by atoms with van der Waals surface area (Å²) in [4.78, 5) is 132. The molecule has 0 saturated heterocycles. The molecule has 28 nitrogen and oxygen atoms in total. The Kier molecular flexibility index (Phi) is 28.5. The van der Waals surface area contributed by atoms with Gasteiger partial charge in [-0.1, -0.05) is 56.7 Å². The standard InChI is InChI=1S/C48H71N11O17/c1-3-29(2)43(46(73)54-34(13-9-17-52-48(50)51)45(72)55-35(47(74)75)12-7-8-16-49)56-37(60)21-53-44(71)33-20-31(30-10-5-4-6-11-30)14-15-36(33)76-28-32(59(26-41(67)68)27-42(69)70)22-57(23-38(61)62)18-19-58(24-39(63)64)25-40(65)66/h4-6,10-11,14-15,20,29,32,34-35,43H,3,7-9,12-13,16-19,21-28,49H2,1-2H3,(H,53,71)(H,54,73)(H,55,72)(H,56,60)(H,61,62)(H,63,64)(H,65,66)(H,67,68)(H,69,70)(H,74,75)(H4,50,51,52)/p+2/t29?,32-,34+,35+,43+/m1/s1. The van der Waals surface area contributed by atoms with E-state index in [1.54, 1.807) is 50.2 Å². The van der Waals surface area contributed by atoms with E-state index >= 15 is 0 Å². The first-order valence-electron chi connectivity index (χ1n) is 24.4. The third-order valence-corrected chi connectivity index (χ3v) is 11.7. The first-order valence-corrected chi connectivity index (χ1v) is 24.4. The molecule has 1 unspecified atom stereocenters. The normalized spacial score (nSPS) is 13.1. The summed E-state index contributed by atoms with van der Waals surface area (Å²) in [5, 5.41) is 68.0. The van der Waals surface area contributed by atoms with E-state index in [0.29, 0.717) is 36.9 Å². The highest BCUT2D eigenvalue weighted by Crippen LogP contribution is 2.27. The van der Waals surface area contributed by atoms with Gasteiger partial charge in [-0.3, -0.25) is 74.3 Å². The maximum Gasteiger partial charge on any atom is 0.338 e. The molecule has 2 aromatic rings. The van der Waals surface area contributed by atoms with Gasteiger partial charge in [0.25, 0.3) is 5.91 Å². The van der Waals surface area contributed by atoms with E-state index in [9.17, 15) is 78.6 Å². The minimum absolute atomic E-state index is 0.00712. The molecule has 0 aliphatic carbocycles. The van der Waals surface area contributed by atoms with Crippen molar-refractivity contribution < 1.29 is 94.0 Å². The topological polar surface area (TPSA) is 453 Å². The molecule has 0 fully saturated rings. The van der Waals surface area contributed by atoms with E-state index in [0.717, 1.165) is 9.80 Å². The largest absolute Gasteiger partial charge is 0.491 e. The van der Waals surface area contributed by atoms with Gasteiger partial charge in [-0.25, -0.2) is 4.79 Å². The van der Waals surface area contributed by atoms with Crippen molar-refractivity contribution in [3.05, 3.63) is 54.1 Å². The van der Waals surface area contributed by atoms with Crippen molar-refractivity contribution in [1.29, 1.82) is 0 Å². The molecular weight excluding hydrogens is 1000 g/mol. The minimum Gasteiger partial charge on any atom is -0.491 e. The van der Waals surface area contributed by atoms with Crippen molar-refractivity contribution in [2.75, 3.05) is 78.6 Å². The number of carbonyl (C=O) groups is 10. The molecule has 0 aliphatic heterocycles. The van der Waals surface area contributed by atoms with Crippen molar-refractivity contribution in [2.24, 2.45) is 17.4 Å². The first kappa shape index (κ1) is 64.2. The second-order valence-electron chi connectivity index (χ2n) is 17.8. The van der Waals surface area contributed by atoms with Crippen LogP contribution in [0.3, 0.4) is 0 Å². The number of benzene rings is 2. The van der Waals surface area contributed by atoms with E-state index in [1.807, 2.05) is 0 Å². The Morgan fingerprint density at radius 1 is 0.684 bits per heavy atom. The molecule has 0 saturated carbocycles. The van der Waals surface area contributed by atoms with Gasteiger partial charge in [-0.05, 0) is 61.3 Å². The number of unbranched alkanes of at least 4 members (excludes halogenated alkanes) is 1. The summed E-state index contributed by atoms with van der Waals surface area (Å²) in [7, 11) is 0. The van der Waals surface area contributed by atoms with E-state index in [4.69, 9.17) is 16.2 Å². The van der Waals surface area contributed by atoms with Gasteiger partial charge in [0.05, 0.1) is 64.0 Å². The summed E-state index contributed by atoms with van der Waals surface area (Å²) >= 11 is 0. The highest BCUT2D eigenvalue weighted by Gasteiger charge is 2.33. The third kappa shape index (κ3) is 24.9. The number of hydrogen-bond acceptors (Lipinski definition) is 14. The molecule has 28 heteroatoms. The number of carbonyl (C=O) groups excluding carboxylic acids is 4. The van der Waals surface area contributed by atoms with Gasteiger partial charge in [0, 0.05) is 19.6 Å². The van der Waals surface area contributed by atoms with Crippen molar-refractivity contribution in [1.82, 2.24) is 36.0 Å². The summed E-state index contributed by atoms with van der Waals surface area (Å²) in [5.74, 6) is -12.4. The van der Waals surface area contributed by atoms with Crippen LogP contribution < -0.4 is 48.2 Å². The molecule has 0 heterocycles. The quantitative estimate of drug-likeness (QED) is 0.0170. The van der Waals surface area contributed by atoms with Gasteiger partial charge in [-0.15, -0.1) is 0 Å². The summed E-state index contributed by atoms with van der Waals surface area (Å²) < 4.78 is 6.14. The number of hydrogen-bond donors (Lipinski definition) is 14. The predicted octanol–water partition coefficient (Wildman–Crippen LogP) is -4.71. The van der Waals surface area contributed by atoms with Gasteiger partial charge >= 0.3 is 41.8 Å². The van der Waals surface area contributed by atoms with E-state index in [2.05, 4.69) is 32.0 Å². The maximum atomic E-state index is 14.2. The molecule has 76 heavy (non-hydrogen) atoms. The van der Waals surface area contributed by atoms with Crippen LogP contribution in [0.15, 0.2) is 48.5 Å². The number of nitrogens with one attached hydrogen (secondary N) is 5. The number of guanidine groups is 1. The Balaban J connectivity index is 2.50. The van der Waals surface area contributed by atoms with Crippen LogP contribution in [0.2, 0.25) is 0 Å². The van der Waals surface area contributed by atoms with Crippen LogP contribution in [0.4, 0.5) is 0 Å². The zero-order chi connectivity index (χ0) is 56.9. The van der Waals surface area contributed by atoms with E-state index in [1.165, 1.54) is 17.0 Å². The zero-order valence-electron chi connectivity index (χ0n) is 42.6. The lowest BCUT2D eigenvalue weighted by Crippen LogP contribution is -2.78. The van der Waals surface area contributed by atoms with Crippen molar-refractivity contribution >= 4 is 65.4 Å². The zero-order valence-corrected chi connectivity index (χ0v) is 42.6. The summed E-state index contributed by atoms with van der Waals surface area (Å²) in [5.41, 5.74) is 15.7. The Morgan fingerprint density at radius 2 is 1.25 bits per heavy atom. The molecule has 0 aromatic heterocycles. The summed E-state index contributed by atoms with van der Waals surface area (Å²) in [6.45, 7) is -2.02. The van der Waals surface area contributed by atoms with Crippen LogP contribution in [-0.2, 0) is 43.2 Å². The Morgan fingerprint density at radius 3 is 1.80 bits per heavy atom. The van der Waals surface area contributed by atoms with Crippen molar-refractivity contribution in [3.63, 3.8) is 0 Å². The van der Waals surface area contributed by atoms with Gasteiger partial charge < -0.3 is 62.4 Å².